The van der Waals surface area contributed by atoms with Crippen LogP contribution < -0.4 is 0 Å². The van der Waals surface area contributed by atoms with E-state index in [-0.39, 0.29) is 38.0 Å². The Labute approximate surface area is 185 Å². The van der Waals surface area contributed by atoms with Crippen molar-refractivity contribution < 1.29 is 37.3 Å². The minimum absolute atomic E-state index is 0.0280. The lowest BCUT2D eigenvalue weighted by molar-refractivity contribution is -0.137. The molecule has 174 valence electrons. The summed E-state index contributed by atoms with van der Waals surface area (Å²) in [6.07, 6.45) is -2.11. The molecular weight excluding hydrogens is 425 g/mol. The number of carbonyl (C=O) groups excluding carboxylic acids is 1. The van der Waals surface area contributed by atoms with E-state index in [4.69, 9.17) is 19.3 Å². The Bertz CT molecular complexity index is 839. The van der Waals surface area contributed by atoms with Gasteiger partial charge in [0.05, 0.1) is 30.4 Å². The number of rotatable bonds is 9. The third-order valence-corrected chi connectivity index (χ3v) is 5.37. The molecule has 8 heteroatoms. The van der Waals surface area contributed by atoms with Gasteiger partial charge in [0.15, 0.2) is 6.61 Å². The first-order chi connectivity index (χ1) is 15.3. The van der Waals surface area contributed by atoms with Crippen molar-refractivity contribution in [1.82, 2.24) is 0 Å². The van der Waals surface area contributed by atoms with Crippen LogP contribution in [-0.2, 0) is 27.0 Å². The number of carbonyl (C=O) groups is 1. The lowest BCUT2D eigenvalue weighted by Gasteiger charge is -2.29. The molecule has 5 nitrogen and oxygen atoms in total. The third-order valence-electron chi connectivity index (χ3n) is 5.37. The fourth-order valence-electron chi connectivity index (χ4n) is 3.57. The van der Waals surface area contributed by atoms with Crippen LogP contribution in [0.15, 0.2) is 54.6 Å². The third kappa shape index (κ3) is 7.32. The number of hydrogen-bond donors (Lipinski definition) is 0. The first-order valence-corrected chi connectivity index (χ1v) is 10.6. The molecule has 3 rings (SSSR count). The second kappa shape index (κ2) is 11.4. The summed E-state index contributed by atoms with van der Waals surface area (Å²) in [6, 6.07) is 13.6. The zero-order chi connectivity index (χ0) is 23.0. The number of ether oxygens (including phenoxy) is 3. The Morgan fingerprint density at radius 3 is 2.38 bits per heavy atom. The molecule has 0 radical (unpaired) electrons. The van der Waals surface area contributed by atoms with E-state index in [2.05, 4.69) is 0 Å². The Hall–Kier alpha value is -2.42. The van der Waals surface area contributed by atoms with Crippen molar-refractivity contribution in [2.45, 2.75) is 56.8 Å². The molecule has 2 N–H and O–H groups in total. The maximum absolute atomic E-state index is 12.6. The van der Waals surface area contributed by atoms with Crippen LogP contribution in [0.5, 0.6) is 0 Å². The SMILES string of the molecule is O=C(O[C@H]1CCC[C@@H](OCC(C[OH2+])OCc2ccc(C(F)(F)F)cc2)C1)c1ccccc1. The molecule has 2 aromatic carbocycles. The van der Waals surface area contributed by atoms with Gasteiger partial charge < -0.3 is 19.3 Å². The van der Waals surface area contributed by atoms with Crippen LogP contribution in [0, 0.1) is 0 Å². The van der Waals surface area contributed by atoms with Gasteiger partial charge in [-0.3, -0.25) is 0 Å². The molecular formula is C24H28F3O5+. The van der Waals surface area contributed by atoms with E-state index in [0.29, 0.717) is 17.5 Å². The largest absolute Gasteiger partial charge is 0.459 e. The van der Waals surface area contributed by atoms with Crippen molar-refractivity contribution in [1.29, 1.82) is 0 Å². The molecule has 1 saturated carbocycles. The van der Waals surface area contributed by atoms with Gasteiger partial charge in [0.2, 0.25) is 0 Å². The number of esters is 1. The van der Waals surface area contributed by atoms with Gasteiger partial charge in [-0.15, -0.1) is 0 Å². The Morgan fingerprint density at radius 2 is 1.72 bits per heavy atom. The number of alkyl halides is 3. The topological polar surface area (TPSA) is 67.7 Å². The molecule has 0 saturated heterocycles. The lowest BCUT2D eigenvalue weighted by atomic mass is 9.94. The summed E-state index contributed by atoms with van der Waals surface area (Å²) in [7, 11) is 0. The molecule has 3 atom stereocenters. The molecule has 2 aromatic rings. The molecule has 1 aliphatic carbocycles. The average Bonchev–Trinajstić information content (AvgIpc) is 2.80. The highest BCUT2D eigenvalue weighted by Crippen LogP contribution is 2.29. The van der Waals surface area contributed by atoms with Gasteiger partial charge in [-0.25, -0.2) is 4.79 Å². The second-order valence-corrected chi connectivity index (χ2v) is 7.85. The fraction of sp³-hybridized carbons (Fsp3) is 0.458. The summed E-state index contributed by atoms with van der Waals surface area (Å²) in [4.78, 5) is 12.3. The molecule has 1 unspecified atom stereocenters. The molecule has 0 heterocycles. The lowest BCUT2D eigenvalue weighted by Crippen LogP contribution is -2.33. The summed E-state index contributed by atoms with van der Waals surface area (Å²) < 4.78 is 55.1. The normalized spacial score (nSPS) is 20.0. The molecule has 0 bridgehead atoms. The first kappa shape index (κ1) is 24.2. The van der Waals surface area contributed by atoms with Crippen molar-refractivity contribution in [2.24, 2.45) is 0 Å². The molecule has 0 spiro atoms. The van der Waals surface area contributed by atoms with Crippen LogP contribution in [0.2, 0.25) is 0 Å². The maximum atomic E-state index is 12.6. The molecule has 0 aliphatic heterocycles. The molecule has 0 amide bonds. The molecule has 1 fully saturated rings. The van der Waals surface area contributed by atoms with Crippen LogP contribution in [0.3, 0.4) is 0 Å². The summed E-state index contributed by atoms with van der Waals surface area (Å²) in [6.45, 7) is 0.279. The second-order valence-electron chi connectivity index (χ2n) is 7.85. The Balaban J connectivity index is 1.42. The van der Waals surface area contributed by atoms with E-state index in [1.54, 1.807) is 24.3 Å². The monoisotopic (exact) mass is 453 g/mol. The van der Waals surface area contributed by atoms with Crippen molar-refractivity contribution in [3.8, 4) is 0 Å². The number of benzene rings is 2. The van der Waals surface area contributed by atoms with Gasteiger partial charge in [0.1, 0.15) is 12.2 Å². The van der Waals surface area contributed by atoms with Crippen molar-refractivity contribution in [2.75, 3.05) is 13.2 Å². The number of halogens is 3. The predicted octanol–water partition coefficient (Wildman–Crippen LogP) is 4.50. The fourth-order valence-corrected chi connectivity index (χ4v) is 3.57. The van der Waals surface area contributed by atoms with E-state index >= 15 is 0 Å². The summed E-state index contributed by atoms with van der Waals surface area (Å²) >= 11 is 0. The van der Waals surface area contributed by atoms with Gasteiger partial charge in [-0.2, -0.15) is 13.2 Å². The van der Waals surface area contributed by atoms with Gasteiger partial charge in [0.25, 0.3) is 0 Å². The quantitative estimate of drug-likeness (QED) is 0.414. The molecule has 32 heavy (non-hydrogen) atoms. The van der Waals surface area contributed by atoms with Gasteiger partial charge >= 0.3 is 12.1 Å². The standard InChI is InChI=1S/C24H27F3O5/c25-24(26,27)19-11-9-17(10-12-19)15-30-22(14-28)16-31-20-7-4-8-21(13-20)32-23(29)18-5-2-1-3-6-18/h1-3,5-6,9-12,20-22,28H,4,7-8,13-16H2/p+1/t20-,21+,22?/m1/s1. The van der Waals surface area contributed by atoms with E-state index in [1.165, 1.54) is 12.1 Å². The smallest absolute Gasteiger partial charge is 0.416 e. The van der Waals surface area contributed by atoms with E-state index in [9.17, 15) is 18.0 Å². The minimum atomic E-state index is -4.37. The average molecular weight is 453 g/mol. The maximum Gasteiger partial charge on any atom is 0.416 e. The van der Waals surface area contributed by atoms with Crippen molar-refractivity contribution >= 4 is 5.97 Å². The van der Waals surface area contributed by atoms with Crippen molar-refractivity contribution in [3.05, 3.63) is 71.3 Å². The summed E-state index contributed by atoms with van der Waals surface area (Å²) in [5, 5.41) is 7.66. The molecule has 1 aliphatic rings. The Kier molecular flexibility index (Phi) is 8.67. The zero-order valence-electron chi connectivity index (χ0n) is 17.6. The van der Waals surface area contributed by atoms with E-state index in [0.717, 1.165) is 31.4 Å². The van der Waals surface area contributed by atoms with E-state index < -0.39 is 17.8 Å². The van der Waals surface area contributed by atoms with Crippen molar-refractivity contribution in [3.63, 3.8) is 0 Å². The first-order valence-electron chi connectivity index (χ1n) is 10.6. The van der Waals surface area contributed by atoms with Crippen LogP contribution in [0.25, 0.3) is 0 Å². The van der Waals surface area contributed by atoms with E-state index in [1.807, 2.05) is 6.07 Å². The zero-order valence-corrected chi connectivity index (χ0v) is 17.6. The van der Waals surface area contributed by atoms with Gasteiger partial charge in [-0.1, -0.05) is 30.3 Å². The Morgan fingerprint density at radius 1 is 1.03 bits per heavy atom. The van der Waals surface area contributed by atoms with Gasteiger partial charge in [0, 0.05) is 6.42 Å². The van der Waals surface area contributed by atoms with Crippen LogP contribution >= 0.6 is 0 Å². The van der Waals surface area contributed by atoms with Gasteiger partial charge in [-0.05, 0) is 49.1 Å². The summed E-state index contributed by atoms with van der Waals surface area (Å²) in [5.41, 5.74) is 0.407. The van der Waals surface area contributed by atoms with Crippen LogP contribution in [-0.4, -0.2) is 42.6 Å². The number of hydrogen-bond acceptors (Lipinski definition) is 4. The molecule has 0 aromatic heterocycles. The highest BCUT2D eigenvalue weighted by molar-refractivity contribution is 5.89. The van der Waals surface area contributed by atoms with Crippen LogP contribution in [0.4, 0.5) is 13.2 Å². The highest BCUT2D eigenvalue weighted by atomic mass is 19.4. The summed E-state index contributed by atoms with van der Waals surface area (Å²) in [5.74, 6) is -0.347. The minimum Gasteiger partial charge on any atom is -0.459 e. The predicted molar refractivity (Wildman–Crippen MR) is 112 cm³/mol. The highest BCUT2D eigenvalue weighted by Gasteiger charge is 2.30. The van der Waals surface area contributed by atoms with Crippen LogP contribution in [0.1, 0.15) is 47.2 Å².